The first-order chi connectivity index (χ1) is 15.1. The molecular formula is C21H18F2N4O5. The highest BCUT2D eigenvalue weighted by Gasteiger charge is 2.25. The predicted molar refractivity (Wildman–Crippen MR) is 111 cm³/mol. The monoisotopic (exact) mass is 444 g/mol. The highest BCUT2D eigenvalue weighted by atomic mass is 19.1. The molecule has 1 aromatic heterocycles. The molecule has 0 spiro atoms. The molecule has 32 heavy (non-hydrogen) atoms. The lowest BCUT2D eigenvalue weighted by Crippen LogP contribution is -2.43. The third-order valence-corrected chi connectivity index (χ3v) is 4.68. The Morgan fingerprint density at radius 2 is 1.69 bits per heavy atom. The van der Waals surface area contributed by atoms with Crippen molar-refractivity contribution in [2.75, 3.05) is 5.73 Å². The second kappa shape index (κ2) is 8.84. The minimum absolute atomic E-state index is 0.221. The number of nitrogens with one attached hydrogen (secondary N) is 1. The van der Waals surface area contributed by atoms with Crippen LogP contribution in [0.15, 0.2) is 58.3 Å². The number of hydrogen-bond acceptors (Lipinski definition) is 5. The Kier molecular flexibility index (Phi) is 6.19. The molecule has 0 fully saturated rings. The van der Waals surface area contributed by atoms with Crippen LogP contribution in [-0.2, 0) is 18.3 Å². The fraction of sp³-hybridized carbons (Fsp3) is 0.143. The Morgan fingerprint density at radius 3 is 2.25 bits per heavy atom. The number of carboxylic acid groups (broad SMARTS) is 1. The molecule has 0 saturated heterocycles. The number of rotatable bonds is 6. The van der Waals surface area contributed by atoms with Crippen molar-refractivity contribution < 1.29 is 23.5 Å². The van der Waals surface area contributed by atoms with Gasteiger partial charge in [0.05, 0.1) is 5.69 Å². The molecule has 0 aliphatic carbocycles. The molecule has 166 valence electrons. The molecule has 0 aliphatic rings. The number of nitrogen functional groups attached to an aromatic ring is 1. The van der Waals surface area contributed by atoms with Crippen LogP contribution in [0, 0.1) is 11.6 Å². The zero-order valence-corrected chi connectivity index (χ0v) is 16.7. The lowest BCUT2D eigenvalue weighted by molar-refractivity contribution is -0.139. The molecule has 3 rings (SSSR count). The maximum absolute atomic E-state index is 14.0. The number of hydrogen-bond donors (Lipinski definition) is 3. The van der Waals surface area contributed by atoms with Gasteiger partial charge in [-0.2, -0.15) is 0 Å². The van der Waals surface area contributed by atoms with Crippen molar-refractivity contribution in [3.63, 3.8) is 0 Å². The lowest BCUT2D eigenvalue weighted by Gasteiger charge is -2.16. The first-order valence-corrected chi connectivity index (χ1v) is 9.24. The number of aliphatic carboxylic acids is 1. The number of halogens is 2. The smallest absolute Gasteiger partial charge is 0.335 e. The van der Waals surface area contributed by atoms with Crippen molar-refractivity contribution in [2.45, 2.75) is 12.5 Å². The average molecular weight is 444 g/mol. The van der Waals surface area contributed by atoms with E-state index in [4.69, 9.17) is 5.73 Å². The van der Waals surface area contributed by atoms with Crippen molar-refractivity contribution in [2.24, 2.45) is 7.05 Å². The van der Waals surface area contributed by atoms with E-state index < -0.39 is 46.4 Å². The molecule has 0 bridgehead atoms. The molecule has 4 N–H and O–H groups in total. The number of anilines is 1. The summed E-state index contributed by atoms with van der Waals surface area (Å²) < 4.78 is 30.1. The Hall–Kier alpha value is -4.28. The average Bonchev–Trinajstić information content (AvgIpc) is 2.71. The molecule has 0 saturated carbocycles. The summed E-state index contributed by atoms with van der Waals surface area (Å²) in [5.41, 5.74) is 3.74. The molecule has 0 radical (unpaired) electrons. The molecule has 1 unspecified atom stereocenters. The van der Waals surface area contributed by atoms with E-state index in [1.807, 2.05) is 0 Å². The van der Waals surface area contributed by atoms with Gasteiger partial charge in [0.2, 0.25) is 0 Å². The van der Waals surface area contributed by atoms with E-state index in [0.29, 0.717) is 5.56 Å². The van der Waals surface area contributed by atoms with Crippen LogP contribution in [0.25, 0.3) is 5.69 Å². The fourth-order valence-electron chi connectivity index (χ4n) is 3.06. The van der Waals surface area contributed by atoms with Crippen LogP contribution >= 0.6 is 0 Å². The quantitative estimate of drug-likeness (QED) is 0.482. The number of aryl methyl sites for hydroxylation is 1. The van der Waals surface area contributed by atoms with Crippen LogP contribution < -0.4 is 22.3 Å². The van der Waals surface area contributed by atoms with Gasteiger partial charge < -0.3 is 20.7 Å². The SMILES string of the molecule is Cn1ccc(=O)n(-c2ccc(CC(NC(=O)c3c(F)cc(N)cc3F)C(=O)O)cc2)c1=O. The van der Waals surface area contributed by atoms with Crippen LogP contribution in [-0.4, -0.2) is 32.2 Å². The van der Waals surface area contributed by atoms with Crippen molar-refractivity contribution in [3.8, 4) is 5.69 Å². The molecule has 9 nitrogen and oxygen atoms in total. The maximum atomic E-state index is 14.0. The van der Waals surface area contributed by atoms with Gasteiger partial charge in [0.1, 0.15) is 23.2 Å². The molecule has 1 amide bonds. The molecule has 0 aliphatic heterocycles. The molecule has 2 aromatic carbocycles. The first kappa shape index (κ1) is 22.4. The number of aromatic nitrogens is 2. The summed E-state index contributed by atoms with van der Waals surface area (Å²) in [5, 5.41) is 11.5. The van der Waals surface area contributed by atoms with E-state index in [9.17, 15) is 33.1 Å². The molecular weight excluding hydrogens is 426 g/mol. The topological polar surface area (TPSA) is 136 Å². The van der Waals surface area contributed by atoms with E-state index in [2.05, 4.69) is 5.32 Å². The number of benzene rings is 2. The van der Waals surface area contributed by atoms with Gasteiger partial charge in [-0.1, -0.05) is 12.1 Å². The van der Waals surface area contributed by atoms with Crippen LogP contribution in [0.2, 0.25) is 0 Å². The summed E-state index contributed by atoms with van der Waals surface area (Å²) >= 11 is 0. The van der Waals surface area contributed by atoms with Gasteiger partial charge in [0, 0.05) is 31.4 Å². The number of amides is 1. The van der Waals surface area contributed by atoms with Crippen molar-refractivity contribution >= 4 is 17.6 Å². The lowest BCUT2D eigenvalue weighted by atomic mass is 10.0. The number of nitrogens with zero attached hydrogens (tertiary/aromatic N) is 2. The summed E-state index contributed by atoms with van der Waals surface area (Å²) in [6, 6.07) is 7.06. The maximum Gasteiger partial charge on any atom is 0.335 e. The Balaban J connectivity index is 1.83. The van der Waals surface area contributed by atoms with E-state index in [0.717, 1.165) is 16.7 Å². The van der Waals surface area contributed by atoms with E-state index in [1.54, 1.807) is 0 Å². The molecule has 1 atom stereocenters. The first-order valence-electron chi connectivity index (χ1n) is 9.24. The van der Waals surface area contributed by atoms with Crippen LogP contribution in [0.4, 0.5) is 14.5 Å². The second-order valence-electron chi connectivity index (χ2n) is 6.98. The standard InChI is InChI=1S/C21H18F2N4O5/c1-26-7-6-17(28)27(21(26)32)13-4-2-11(3-5-13)8-16(20(30)31)25-19(29)18-14(22)9-12(24)10-15(18)23/h2-7,9-10,16H,8,24H2,1H3,(H,25,29)(H,30,31). The van der Waals surface area contributed by atoms with E-state index >= 15 is 0 Å². The summed E-state index contributed by atoms with van der Waals surface area (Å²) in [4.78, 5) is 48.1. The minimum Gasteiger partial charge on any atom is -0.480 e. The Bertz CT molecular complexity index is 1290. The minimum atomic E-state index is -1.50. The van der Waals surface area contributed by atoms with Gasteiger partial charge >= 0.3 is 11.7 Å². The number of nitrogens with two attached hydrogens (primary N) is 1. The number of carbonyl (C=O) groups is 2. The second-order valence-corrected chi connectivity index (χ2v) is 6.98. The van der Waals surface area contributed by atoms with Crippen LogP contribution in [0.1, 0.15) is 15.9 Å². The number of carboxylic acids is 1. The Labute approximate surface area is 179 Å². The molecule has 11 heteroatoms. The molecule has 3 aromatic rings. The third-order valence-electron chi connectivity index (χ3n) is 4.68. The molecule has 1 heterocycles. The Morgan fingerprint density at radius 1 is 1.09 bits per heavy atom. The van der Waals surface area contributed by atoms with Crippen LogP contribution in [0.3, 0.4) is 0 Å². The third kappa shape index (κ3) is 4.56. The normalized spacial score (nSPS) is 11.7. The van der Waals surface area contributed by atoms with E-state index in [1.165, 1.54) is 48.1 Å². The van der Waals surface area contributed by atoms with Gasteiger partial charge in [-0.3, -0.25) is 9.59 Å². The zero-order valence-electron chi connectivity index (χ0n) is 16.7. The van der Waals surface area contributed by atoms with Crippen molar-refractivity contribution in [1.82, 2.24) is 14.5 Å². The summed E-state index contributed by atoms with van der Waals surface area (Å²) in [6.45, 7) is 0. The van der Waals surface area contributed by atoms with Crippen molar-refractivity contribution in [1.29, 1.82) is 0 Å². The highest BCUT2D eigenvalue weighted by Crippen LogP contribution is 2.17. The largest absolute Gasteiger partial charge is 0.480 e. The summed E-state index contributed by atoms with van der Waals surface area (Å²) in [5.74, 6) is -5.11. The predicted octanol–water partition coefficient (Wildman–Crippen LogP) is 0.822. The van der Waals surface area contributed by atoms with Crippen LogP contribution in [0.5, 0.6) is 0 Å². The van der Waals surface area contributed by atoms with Crippen molar-refractivity contribution in [3.05, 3.63) is 92.3 Å². The van der Waals surface area contributed by atoms with Gasteiger partial charge in [-0.05, 0) is 29.8 Å². The summed E-state index contributed by atoms with van der Waals surface area (Å²) in [6.07, 6.45) is 1.11. The summed E-state index contributed by atoms with van der Waals surface area (Å²) in [7, 11) is 1.49. The van der Waals surface area contributed by atoms with Gasteiger partial charge in [0.25, 0.3) is 11.5 Å². The zero-order chi connectivity index (χ0) is 23.6. The number of carbonyl (C=O) groups excluding carboxylic acids is 1. The van der Waals surface area contributed by atoms with Gasteiger partial charge in [-0.25, -0.2) is 22.9 Å². The highest BCUT2D eigenvalue weighted by molar-refractivity contribution is 5.97. The van der Waals surface area contributed by atoms with Gasteiger partial charge in [-0.15, -0.1) is 0 Å². The van der Waals surface area contributed by atoms with E-state index in [-0.39, 0.29) is 17.8 Å². The fourth-order valence-corrected chi connectivity index (χ4v) is 3.06. The van der Waals surface area contributed by atoms with Gasteiger partial charge in [0.15, 0.2) is 0 Å².